The van der Waals surface area contributed by atoms with Crippen LogP contribution in [0.2, 0.25) is 65.5 Å². The van der Waals surface area contributed by atoms with Crippen molar-refractivity contribution in [1.29, 1.82) is 0 Å². The molecule has 124 valence electrons. The summed E-state index contributed by atoms with van der Waals surface area (Å²) in [5, 5.41) is 0. The average Bonchev–Trinajstić information content (AvgIpc) is 2.07. The maximum atomic E-state index is 6.36. The van der Waals surface area contributed by atoms with Gasteiger partial charge in [-0.2, -0.15) is 0 Å². The third-order valence-electron chi connectivity index (χ3n) is 1.93. The number of rotatable bonds is 10. The highest BCUT2D eigenvalue weighted by atomic mass is 28.5. The van der Waals surface area contributed by atoms with Crippen molar-refractivity contribution in [1.82, 2.24) is 0 Å². The Morgan fingerprint density at radius 2 is 0.667 bits per heavy atom. The summed E-state index contributed by atoms with van der Waals surface area (Å²) >= 11 is 0. The topological polar surface area (TPSA) is 46.2 Å². The van der Waals surface area contributed by atoms with Crippen LogP contribution in [0.15, 0.2) is 0 Å². The minimum Gasteiger partial charge on any atom is -0.416 e. The van der Waals surface area contributed by atoms with Crippen LogP contribution in [0.1, 0.15) is 0 Å². The molecule has 0 bridgehead atoms. The van der Waals surface area contributed by atoms with Crippen molar-refractivity contribution in [3.05, 3.63) is 0 Å². The van der Waals surface area contributed by atoms with Gasteiger partial charge in [-0.3, -0.25) is 0 Å². The summed E-state index contributed by atoms with van der Waals surface area (Å²) < 4.78 is 30.9. The molecule has 0 fully saturated rings. The molecule has 0 N–H and O–H groups in total. The zero-order valence-electron chi connectivity index (χ0n) is 15.0. The van der Waals surface area contributed by atoms with Gasteiger partial charge in [0.15, 0.2) is 36.2 Å². The predicted octanol–water partition coefficient (Wildman–Crippen LogP) is 3.21. The van der Waals surface area contributed by atoms with Crippen LogP contribution in [0, 0.1) is 0 Å². The minimum atomic E-state index is -2.71. The molecule has 0 rings (SSSR count). The van der Waals surface area contributed by atoms with Gasteiger partial charge in [0, 0.05) is 13.1 Å². The van der Waals surface area contributed by atoms with Crippen molar-refractivity contribution in [3.63, 3.8) is 0 Å². The molecule has 0 amide bonds. The van der Waals surface area contributed by atoms with Crippen LogP contribution in [0.5, 0.6) is 0 Å². The molecule has 0 atom stereocenters. The molecule has 0 saturated carbocycles. The molecule has 0 aliphatic heterocycles. The van der Waals surface area contributed by atoms with E-state index in [0.29, 0.717) is 0 Å². The maximum Gasteiger partial charge on any atom is 0.469 e. The molecule has 0 spiro atoms. The van der Waals surface area contributed by atoms with E-state index in [1.807, 2.05) is 13.1 Å². The van der Waals surface area contributed by atoms with E-state index in [1.54, 1.807) is 0 Å². The minimum absolute atomic E-state index is 0.908. The summed E-state index contributed by atoms with van der Waals surface area (Å²) in [6, 6.07) is 0. The van der Waals surface area contributed by atoms with E-state index in [2.05, 4.69) is 52.4 Å². The van der Waals surface area contributed by atoms with E-state index in [0.717, 1.165) is 0 Å². The maximum absolute atomic E-state index is 6.36. The van der Waals surface area contributed by atoms with Crippen LogP contribution in [0.3, 0.4) is 0 Å². The Balaban J connectivity index is 5.18. The van der Waals surface area contributed by atoms with Gasteiger partial charge >= 0.3 is 17.6 Å². The number of hydrogen-bond acceptors (Lipinski definition) is 5. The lowest BCUT2D eigenvalue weighted by Crippen LogP contribution is -2.60. The lowest BCUT2D eigenvalue weighted by molar-refractivity contribution is 0.195. The van der Waals surface area contributed by atoms with Gasteiger partial charge < -0.3 is 20.6 Å². The second kappa shape index (κ2) is 9.41. The quantitative estimate of drug-likeness (QED) is 0.529. The average molecular weight is 399 g/mol. The van der Waals surface area contributed by atoms with Crippen LogP contribution in [-0.4, -0.2) is 53.8 Å². The molecule has 0 aromatic rings. The monoisotopic (exact) mass is 398 g/mol. The largest absolute Gasteiger partial charge is 0.469 e. The van der Waals surface area contributed by atoms with Crippen molar-refractivity contribution >= 4 is 53.8 Å². The molecule has 0 aromatic heterocycles. The van der Waals surface area contributed by atoms with E-state index in [9.17, 15) is 0 Å². The molecule has 0 heterocycles. The Bertz CT molecular complexity index is 254. The van der Waals surface area contributed by atoms with Crippen LogP contribution in [0.25, 0.3) is 0 Å². The van der Waals surface area contributed by atoms with Gasteiger partial charge in [-0.05, 0) is 52.4 Å². The van der Waals surface area contributed by atoms with Crippen LogP contribution < -0.4 is 0 Å². The fourth-order valence-electron chi connectivity index (χ4n) is 1.94. The summed E-state index contributed by atoms with van der Waals surface area (Å²) in [6.07, 6.45) is 0. The normalized spacial score (nSPS) is 14.0. The number of hydrogen-bond donors (Lipinski definition) is 0. The zero-order valence-corrected chi connectivity index (χ0v) is 21.0. The smallest absolute Gasteiger partial charge is 0.416 e. The first-order valence-electron chi connectivity index (χ1n) is 7.04. The first-order chi connectivity index (χ1) is 9.37. The van der Waals surface area contributed by atoms with E-state index < -0.39 is 53.8 Å². The third-order valence-corrected chi connectivity index (χ3v) is 17.4. The molecule has 11 heteroatoms. The third kappa shape index (κ3) is 10.5. The lowest BCUT2D eigenvalue weighted by atomic mass is 11.9. The van der Waals surface area contributed by atoms with Gasteiger partial charge in [0.1, 0.15) is 0 Å². The van der Waals surface area contributed by atoms with E-state index in [4.69, 9.17) is 20.6 Å². The summed E-state index contributed by atoms with van der Waals surface area (Å²) in [5.74, 6) is 0. The Kier molecular flexibility index (Phi) is 9.90. The molecule has 0 aromatic carbocycles. The van der Waals surface area contributed by atoms with Crippen LogP contribution in [0.4, 0.5) is 0 Å². The Morgan fingerprint density at radius 1 is 0.476 bits per heavy atom. The van der Waals surface area contributed by atoms with Crippen molar-refractivity contribution in [2.45, 2.75) is 65.5 Å². The Hall–Kier alpha value is 1.10. The van der Waals surface area contributed by atoms with E-state index in [-0.39, 0.29) is 0 Å². The fraction of sp³-hybridized carbons (Fsp3) is 1.00. The first-order valence-corrected chi connectivity index (χ1v) is 21.1. The van der Waals surface area contributed by atoms with Crippen molar-refractivity contribution in [3.8, 4) is 0 Å². The summed E-state index contributed by atoms with van der Waals surface area (Å²) in [7, 11) is -9.05. The first kappa shape index (κ1) is 22.1. The van der Waals surface area contributed by atoms with Gasteiger partial charge in [-0.15, -0.1) is 0 Å². The second-order valence-electron chi connectivity index (χ2n) is 5.87. The molecule has 0 unspecified atom stereocenters. The second-order valence-corrected chi connectivity index (χ2v) is 20.7. The van der Waals surface area contributed by atoms with Gasteiger partial charge in [-0.25, -0.2) is 0 Å². The highest BCUT2D eigenvalue weighted by molar-refractivity contribution is 6.84. The summed E-state index contributed by atoms with van der Waals surface area (Å²) in [5.41, 5.74) is 0. The SMILES string of the molecule is C[Si](C)O[Si](C)(O[Si](C)C)O[Si](C)(O[Si](C)C)O[Si](C)C. The van der Waals surface area contributed by atoms with E-state index >= 15 is 0 Å². The van der Waals surface area contributed by atoms with Crippen molar-refractivity contribution in [2.75, 3.05) is 0 Å². The molecule has 0 aliphatic rings. The van der Waals surface area contributed by atoms with Crippen molar-refractivity contribution in [2.24, 2.45) is 0 Å². The molecular formula is C10H30O5Si6. The van der Waals surface area contributed by atoms with Gasteiger partial charge in [-0.1, -0.05) is 0 Å². The summed E-state index contributed by atoms with van der Waals surface area (Å²) in [6.45, 7) is 20.8. The Labute approximate surface area is 139 Å². The van der Waals surface area contributed by atoms with Gasteiger partial charge in [0.25, 0.3) is 0 Å². The molecule has 0 aliphatic carbocycles. The predicted molar refractivity (Wildman–Crippen MR) is 98.6 cm³/mol. The molecule has 0 saturated heterocycles. The highest BCUT2D eigenvalue weighted by Gasteiger charge is 2.49. The molecule has 5 nitrogen and oxygen atoms in total. The molecule has 4 radical (unpaired) electrons. The fourth-order valence-corrected chi connectivity index (χ4v) is 19.8. The molecule has 21 heavy (non-hydrogen) atoms. The summed E-state index contributed by atoms with van der Waals surface area (Å²) in [4.78, 5) is 0. The van der Waals surface area contributed by atoms with Crippen molar-refractivity contribution < 1.29 is 20.6 Å². The zero-order chi connectivity index (χ0) is 16.8. The van der Waals surface area contributed by atoms with Crippen LogP contribution >= 0.6 is 0 Å². The Morgan fingerprint density at radius 3 is 0.810 bits per heavy atom. The lowest BCUT2D eigenvalue weighted by Gasteiger charge is -2.38. The molecular weight excluding hydrogens is 369 g/mol. The standard InChI is InChI=1S/C10H30O5Si6/c1-16(2)11-20(9,12-17(3)4)15-21(10,13-18(5)6)14-19(7)8/h1-10H3. The van der Waals surface area contributed by atoms with Gasteiger partial charge in [0.2, 0.25) is 0 Å². The van der Waals surface area contributed by atoms with E-state index in [1.165, 1.54) is 0 Å². The highest BCUT2D eigenvalue weighted by Crippen LogP contribution is 2.22. The van der Waals surface area contributed by atoms with Crippen LogP contribution in [-0.2, 0) is 20.6 Å². The van der Waals surface area contributed by atoms with Gasteiger partial charge in [0.05, 0.1) is 0 Å².